The number of rotatable bonds is 4. The first-order valence-electron chi connectivity index (χ1n) is 7.83. The number of urea groups is 1. The van der Waals surface area contributed by atoms with Gasteiger partial charge in [0.05, 0.1) is 6.04 Å². The molecule has 2 N–H and O–H groups in total. The Morgan fingerprint density at radius 2 is 1.46 bits per heavy atom. The second kappa shape index (κ2) is 7.42. The van der Waals surface area contributed by atoms with Gasteiger partial charge in [0.2, 0.25) is 0 Å². The molecular weight excluding hydrogens is 298 g/mol. The molecule has 0 unspecified atom stereocenters. The molecule has 0 radical (unpaired) electrons. The zero-order valence-corrected chi connectivity index (χ0v) is 13.4. The van der Waals surface area contributed by atoms with Crippen LogP contribution in [-0.2, 0) is 0 Å². The van der Waals surface area contributed by atoms with Crippen molar-refractivity contribution < 1.29 is 4.79 Å². The van der Waals surface area contributed by atoms with Crippen molar-refractivity contribution in [2.75, 3.05) is 5.32 Å². The Morgan fingerprint density at radius 3 is 2.00 bits per heavy atom. The molecule has 0 spiro atoms. The number of carbonyl (C=O) groups is 1. The van der Waals surface area contributed by atoms with Crippen LogP contribution in [0.25, 0.3) is 0 Å². The number of aromatic nitrogens is 1. The van der Waals surface area contributed by atoms with E-state index in [0.29, 0.717) is 5.82 Å². The highest BCUT2D eigenvalue weighted by molar-refractivity contribution is 5.89. The van der Waals surface area contributed by atoms with Gasteiger partial charge in [0, 0.05) is 6.20 Å². The van der Waals surface area contributed by atoms with Gasteiger partial charge in [-0.2, -0.15) is 0 Å². The summed E-state index contributed by atoms with van der Waals surface area (Å²) < 4.78 is 0. The van der Waals surface area contributed by atoms with Gasteiger partial charge in [0.25, 0.3) is 0 Å². The molecule has 0 saturated heterocycles. The van der Waals surface area contributed by atoms with E-state index in [1.807, 2.05) is 79.7 Å². The number of amides is 2. The van der Waals surface area contributed by atoms with Crippen molar-refractivity contribution in [1.29, 1.82) is 0 Å². The lowest BCUT2D eigenvalue weighted by Gasteiger charge is -2.20. The van der Waals surface area contributed by atoms with Crippen molar-refractivity contribution >= 4 is 11.8 Å². The quantitative estimate of drug-likeness (QED) is 0.753. The van der Waals surface area contributed by atoms with Crippen LogP contribution in [0.5, 0.6) is 0 Å². The van der Waals surface area contributed by atoms with Crippen LogP contribution >= 0.6 is 0 Å². The lowest BCUT2D eigenvalue weighted by Crippen LogP contribution is -2.33. The molecule has 4 nitrogen and oxygen atoms in total. The van der Waals surface area contributed by atoms with Crippen molar-refractivity contribution in [2.45, 2.75) is 13.0 Å². The van der Waals surface area contributed by atoms with E-state index < -0.39 is 0 Å². The Labute approximate surface area is 141 Å². The van der Waals surface area contributed by atoms with E-state index in [2.05, 4.69) is 15.6 Å². The highest BCUT2D eigenvalue weighted by atomic mass is 16.2. The molecule has 0 atom stereocenters. The second-order valence-corrected chi connectivity index (χ2v) is 5.52. The van der Waals surface area contributed by atoms with E-state index >= 15 is 0 Å². The molecule has 0 aliphatic rings. The number of aryl methyl sites for hydroxylation is 1. The molecule has 120 valence electrons. The molecule has 0 fully saturated rings. The van der Waals surface area contributed by atoms with E-state index in [9.17, 15) is 4.79 Å². The third kappa shape index (κ3) is 3.79. The van der Waals surface area contributed by atoms with E-state index in [1.54, 1.807) is 6.20 Å². The number of nitrogens with one attached hydrogen (secondary N) is 2. The minimum atomic E-state index is -0.283. The van der Waals surface area contributed by atoms with E-state index in [0.717, 1.165) is 16.7 Å². The topological polar surface area (TPSA) is 54.0 Å². The zero-order chi connectivity index (χ0) is 16.8. The number of pyridine rings is 1. The van der Waals surface area contributed by atoms with Crippen LogP contribution in [0, 0.1) is 6.92 Å². The average Bonchev–Trinajstić information content (AvgIpc) is 2.63. The van der Waals surface area contributed by atoms with Crippen LogP contribution in [0.1, 0.15) is 22.7 Å². The van der Waals surface area contributed by atoms with Gasteiger partial charge in [-0.15, -0.1) is 0 Å². The molecule has 0 bridgehead atoms. The SMILES string of the molecule is Cc1cccnc1NC(=O)NC(c1ccccc1)c1ccccc1. The lowest BCUT2D eigenvalue weighted by molar-refractivity contribution is 0.250. The summed E-state index contributed by atoms with van der Waals surface area (Å²) in [5, 5.41) is 5.85. The Kier molecular flexibility index (Phi) is 4.87. The maximum atomic E-state index is 12.5. The predicted molar refractivity (Wildman–Crippen MR) is 95.9 cm³/mol. The van der Waals surface area contributed by atoms with Gasteiger partial charge in [-0.1, -0.05) is 66.7 Å². The van der Waals surface area contributed by atoms with Crippen molar-refractivity contribution in [3.8, 4) is 0 Å². The van der Waals surface area contributed by atoms with Gasteiger partial charge < -0.3 is 5.32 Å². The third-order valence-corrected chi connectivity index (χ3v) is 3.78. The van der Waals surface area contributed by atoms with Crippen LogP contribution in [0.3, 0.4) is 0 Å². The molecule has 24 heavy (non-hydrogen) atoms. The fraction of sp³-hybridized carbons (Fsp3) is 0.100. The van der Waals surface area contributed by atoms with Gasteiger partial charge in [0.15, 0.2) is 0 Å². The fourth-order valence-corrected chi connectivity index (χ4v) is 2.54. The van der Waals surface area contributed by atoms with Crippen LogP contribution in [0.2, 0.25) is 0 Å². The van der Waals surface area contributed by atoms with E-state index in [1.165, 1.54) is 0 Å². The molecule has 3 rings (SSSR count). The van der Waals surface area contributed by atoms with E-state index in [-0.39, 0.29) is 12.1 Å². The summed E-state index contributed by atoms with van der Waals surface area (Å²) in [4.78, 5) is 16.7. The summed E-state index contributed by atoms with van der Waals surface area (Å²) in [7, 11) is 0. The van der Waals surface area contributed by atoms with Crippen LogP contribution < -0.4 is 10.6 Å². The number of carbonyl (C=O) groups excluding carboxylic acids is 1. The predicted octanol–water partition coefficient (Wildman–Crippen LogP) is 4.30. The monoisotopic (exact) mass is 317 g/mol. The summed E-state index contributed by atoms with van der Waals surface area (Å²) >= 11 is 0. The normalized spacial score (nSPS) is 10.4. The minimum Gasteiger partial charge on any atom is -0.327 e. The molecule has 4 heteroatoms. The molecule has 0 aliphatic heterocycles. The average molecular weight is 317 g/mol. The fourth-order valence-electron chi connectivity index (χ4n) is 2.54. The smallest absolute Gasteiger partial charge is 0.321 e. The highest BCUT2D eigenvalue weighted by Crippen LogP contribution is 2.22. The minimum absolute atomic E-state index is 0.226. The summed E-state index contributed by atoms with van der Waals surface area (Å²) in [6.45, 7) is 1.91. The number of hydrogen-bond donors (Lipinski definition) is 2. The second-order valence-electron chi connectivity index (χ2n) is 5.52. The Morgan fingerprint density at radius 1 is 0.875 bits per heavy atom. The van der Waals surface area contributed by atoms with Gasteiger partial charge >= 0.3 is 6.03 Å². The molecule has 2 amide bonds. The molecule has 1 aromatic heterocycles. The first-order valence-corrected chi connectivity index (χ1v) is 7.83. The van der Waals surface area contributed by atoms with Crippen LogP contribution in [0.15, 0.2) is 79.0 Å². The number of nitrogens with zero attached hydrogens (tertiary/aromatic N) is 1. The summed E-state index contributed by atoms with van der Waals surface area (Å²) in [5.41, 5.74) is 2.97. The van der Waals surface area contributed by atoms with Gasteiger partial charge in [-0.05, 0) is 29.7 Å². The van der Waals surface area contributed by atoms with Gasteiger partial charge in [-0.25, -0.2) is 9.78 Å². The third-order valence-electron chi connectivity index (χ3n) is 3.78. The van der Waals surface area contributed by atoms with Gasteiger partial charge in [-0.3, -0.25) is 5.32 Å². The van der Waals surface area contributed by atoms with E-state index in [4.69, 9.17) is 0 Å². The van der Waals surface area contributed by atoms with Crippen molar-refractivity contribution in [3.63, 3.8) is 0 Å². The number of anilines is 1. The number of hydrogen-bond acceptors (Lipinski definition) is 2. The van der Waals surface area contributed by atoms with Crippen LogP contribution in [0.4, 0.5) is 10.6 Å². The number of benzene rings is 2. The van der Waals surface area contributed by atoms with Crippen LogP contribution in [-0.4, -0.2) is 11.0 Å². The van der Waals surface area contributed by atoms with Gasteiger partial charge in [0.1, 0.15) is 5.82 Å². The lowest BCUT2D eigenvalue weighted by atomic mass is 9.99. The summed E-state index contributed by atoms with van der Waals surface area (Å²) in [6.07, 6.45) is 1.66. The first kappa shape index (κ1) is 15.7. The molecular formula is C20H19N3O. The van der Waals surface area contributed by atoms with Crippen molar-refractivity contribution in [3.05, 3.63) is 95.7 Å². The molecule has 0 aliphatic carbocycles. The summed E-state index contributed by atoms with van der Waals surface area (Å²) in [5.74, 6) is 0.565. The largest absolute Gasteiger partial charge is 0.327 e. The molecule has 3 aromatic rings. The standard InChI is InChI=1S/C20H19N3O/c1-15-9-8-14-21-19(15)23-20(24)22-18(16-10-4-2-5-11-16)17-12-6-3-7-13-17/h2-14,18H,1H3,(H2,21,22,23,24). The van der Waals surface area contributed by atoms with Crippen molar-refractivity contribution in [1.82, 2.24) is 10.3 Å². The maximum absolute atomic E-state index is 12.5. The Bertz CT molecular complexity index is 764. The first-order chi connectivity index (χ1) is 11.7. The Hall–Kier alpha value is -3.14. The molecule has 0 saturated carbocycles. The Balaban J connectivity index is 1.82. The molecule has 1 heterocycles. The van der Waals surface area contributed by atoms with Crippen molar-refractivity contribution in [2.24, 2.45) is 0 Å². The molecule has 2 aromatic carbocycles. The summed E-state index contributed by atoms with van der Waals surface area (Å²) in [6, 6.07) is 23.0. The maximum Gasteiger partial charge on any atom is 0.321 e. The zero-order valence-electron chi connectivity index (χ0n) is 13.4. The highest BCUT2D eigenvalue weighted by Gasteiger charge is 2.17.